The molecule has 66 heavy (non-hydrogen) atoms. The van der Waals surface area contributed by atoms with Crippen molar-refractivity contribution in [2.45, 2.75) is 0 Å². The largest absolute Gasteiger partial charge is 0.456 e. The molecule has 1 aromatic heterocycles. The molecule has 0 aliphatic rings. The number of hydrogen-bond donors (Lipinski definition) is 0. The average molecular weight is 842 g/mol. The lowest BCUT2D eigenvalue weighted by molar-refractivity contribution is 0.669. The zero-order valence-corrected chi connectivity index (χ0v) is 36.2. The van der Waals surface area contributed by atoms with Crippen LogP contribution in [0.4, 0.5) is 17.1 Å². The van der Waals surface area contributed by atoms with Crippen molar-refractivity contribution >= 4 is 49.8 Å². The first kappa shape index (κ1) is 38.9. The lowest BCUT2D eigenvalue weighted by atomic mass is 9.91. The summed E-state index contributed by atoms with van der Waals surface area (Å²) in [7, 11) is 0. The van der Waals surface area contributed by atoms with Crippen molar-refractivity contribution in [2.75, 3.05) is 4.90 Å². The number of benzene rings is 11. The highest BCUT2D eigenvalue weighted by Gasteiger charge is 2.20. The highest BCUT2D eigenvalue weighted by Crippen LogP contribution is 2.45. The summed E-state index contributed by atoms with van der Waals surface area (Å²) in [4.78, 5) is 2.42. The van der Waals surface area contributed by atoms with E-state index in [4.69, 9.17) is 4.42 Å². The lowest BCUT2D eigenvalue weighted by Crippen LogP contribution is -2.11. The Hall–Kier alpha value is -8.72. The van der Waals surface area contributed by atoms with E-state index in [2.05, 4.69) is 254 Å². The molecule has 0 amide bonds. The van der Waals surface area contributed by atoms with E-state index in [1.54, 1.807) is 0 Å². The van der Waals surface area contributed by atoms with E-state index in [9.17, 15) is 0 Å². The molecular formula is C64H43NO. The zero-order chi connectivity index (χ0) is 43.8. The van der Waals surface area contributed by atoms with Crippen LogP contribution in [0.5, 0.6) is 0 Å². The van der Waals surface area contributed by atoms with Crippen molar-refractivity contribution in [1.82, 2.24) is 0 Å². The maximum atomic E-state index is 6.18. The summed E-state index contributed by atoms with van der Waals surface area (Å²) in [5.41, 5.74) is 19.1. The Morgan fingerprint density at radius 1 is 0.242 bits per heavy atom. The number of hydrogen-bond acceptors (Lipinski definition) is 2. The van der Waals surface area contributed by atoms with Gasteiger partial charge in [-0.2, -0.15) is 0 Å². The Bertz CT molecular complexity index is 3670. The second kappa shape index (κ2) is 16.8. The molecule has 0 saturated heterocycles. The van der Waals surface area contributed by atoms with Gasteiger partial charge in [0.05, 0.1) is 5.69 Å². The quantitative estimate of drug-likeness (QED) is 0.144. The van der Waals surface area contributed by atoms with E-state index >= 15 is 0 Å². The van der Waals surface area contributed by atoms with Gasteiger partial charge in [-0.15, -0.1) is 0 Å². The normalized spacial score (nSPS) is 11.3. The van der Waals surface area contributed by atoms with Crippen LogP contribution < -0.4 is 4.90 Å². The molecule has 0 unspecified atom stereocenters. The molecule has 0 atom stereocenters. The minimum Gasteiger partial charge on any atom is -0.456 e. The van der Waals surface area contributed by atoms with Gasteiger partial charge in [0.2, 0.25) is 0 Å². The molecule has 0 bridgehead atoms. The molecule has 2 heteroatoms. The Labute approximate surface area is 384 Å². The fourth-order valence-corrected chi connectivity index (χ4v) is 9.52. The molecule has 0 fully saturated rings. The van der Waals surface area contributed by atoms with E-state index in [1.807, 2.05) is 12.1 Å². The molecule has 2 nitrogen and oxygen atoms in total. The fraction of sp³-hybridized carbons (Fsp3) is 0. The van der Waals surface area contributed by atoms with E-state index in [-0.39, 0.29) is 0 Å². The average Bonchev–Trinajstić information content (AvgIpc) is 3.78. The van der Waals surface area contributed by atoms with Gasteiger partial charge in [-0.1, -0.05) is 200 Å². The molecule has 0 aliphatic heterocycles. The minimum atomic E-state index is 0.898. The van der Waals surface area contributed by atoms with E-state index in [1.165, 1.54) is 44.2 Å². The van der Waals surface area contributed by atoms with E-state index in [0.717, 1.165) is 72.4 Å². The van der Waals surface area contributed by atoms with Gasteiger partial charge in [0.15, 0.2) is 0 Å². The predicted octanol–water partition coefficient (Wildman–Crippen LogP) is 18.2. The minimum absolute atomic E-state index is 0.898. The van der Waals surface area contributed by atoms with Gasteiger partial charge in [-0.25, -0.2) is 0 Å². The predicted molar refractivity (Wildman–Crippen MR) is 279 cm³/mol. The van der Waals surface area contributed by atoms with Gasteiger partial charge in [0.1, 0.15) is 11.2 Å². The molecule has 0 spiro atoms. The van der Waals surface area contributed by atoms with Gasteiger partial charge in [0.25, 0.3) is 0 Å². The Morgan fingerprint density at radius 2 is 0.697 bits per heavy atom. The third-order valence-corrected chi connectivity index (χ3v) is 12.9. The van der Waals surface area contributed by atoms with Crippen LogP contribution in [-0.2, 0) is 0 Å². The van der Waals surface area contributed by atoms with Crippen molar-refractivity contribution in [3.05, 3.63) is 261 Å². The number of fused-ring (bicyclic) bond motifs is 4. The van der Waals surface area contributed by atoms with Crippen molar-refractivity contribution in [2.24, 2.45) is 0 Å². The number of furan rings is 1. The maximum Gasteiger partial charge on any atom is 0.135 e. The summed E-state index contributed by atoms with van der Waals surface area (Å²) >= 11 is 0. The second-order valence-corrected chi connectivity index (χ2v) is 16.9. The Kier molecular flexibility index (Phi) is 9.89. The van der Waals surface area contributed by atoms with Crippen LogP contribution >= 0.6 is 0 Å². The monoisotopic (exact) mass is 841 g/mol. The Morgan fingerprint density at radius 3 is 1.36 bits per heavy atom. The van der Waals surface area contributed by atoms with Crippen molar-refractivity contribution in [3.63, 3.8) is 0 Å². The molecule has 12 aromatic rings. The van der Waals surface area contributed by atoms with Crippen LogP contribution in [-0.4, -0.2) is 0 Å². The second-order valence-electron chi connectivity index (χ2n) is 16.9. The van der Waals surface area contributed by atoms with Crippen molar-refractivity contribution in [3.8, 4) is 66.8 Å². The SMILES string of the molecule is c1ccc(-c2ccc(-c3ccc(N(c4ccc(-c5ccc6oc7ccccc7c6c5)cc4)c4cc(-c5ccc6ccccc6c5)ccc4-c4ccccc4)cc3)cc2-c2ccccc2)cc1. The van der Waals surface area contributed by atoms with Crippen molar-refractivity contribution in [1.29, 1.82) is 0 Å². The summed E-state index contributed by atoms with van der Waals surface area (Å²) in [6.07, 6.45) is 0. The summed E-state index contributed by atoms with van der Waals surface area (Å²) in [5, 5.41) is 4.71. The fourth-order valence-electron chi connectivity index (χ4n) is 9.52. The third-order valence-electron chi connectivity index (χ3n) is 12.9. The molecule has 1 heterocycles. The molecule has 0 saturated carbocycles. The standard InChI is InChI=1S/C64H43NO/c1-4-15-47(16-5-1)57-37-30-52(41-60(57)49-19-8-3-9-20-49)45-26-33-55(34-27-45)65(56-35-28-46(29-36-56)53-32-39-64-61(42-53)59-22-12-13-23-63(59)66-64)62-43-54(31-38-58(62)48-17-6-2-7-18-48)51-25-24-44-14-10-11-21-50(44)40-51/h1-43H. The van der Waals surface area contributed by atoms with Gasteiger partial charge in [-0.3, -0.25) is 0 Å². The summed E-state index contributed by atoms with van der Waals surface area (Å²) in [5.74, 6) is 0. The molecule has 0 radical (unpaired) electrons. The molecule has 0 aliphatic carbocycles. The van der Waals surface area contributed by atoms with Crippen LogP contribution in [0.2, 0.25) is 0 Å². The van der Waals surface area contributed by atoms with E-state index in [0.29, 0.717) is 0 Å². The van der Waals surface area contributed by atoms with Crippen LogP contribution in [0.3, 0.4) is 0 Å². The maximum absolute atomic E-state index is 6.18. The molecule has 0 N–H and O–H groups in total. The van der Waals surface area contributed by atoms with Crippen LogP contribution in [0.25, 0.3) is 99.5 Å². The Balaban J connectivity index is 1.000. The summed E-state index contributed by atoms with van der Waals surface area (Å²) in [6, 6.07) is 94.1. The first-order chi connectivity index (χ1) is 32.7. The van der Waals surface area contributed by atoms with Gasteiger partial charge < -0.3 is 9.32 Å². The lowest BCUT2D eigenvalue weighted by Gasteiger charge is -2.29. The number of para-hydroxylation sites is 1. The van der Waals surface area contributed by atoms with Gasteiger partial charge in [-0.05, 0) is 133 Å². The number of anilines is 3. The highest BCUT2D eigenvalue weighted by molar-refractivity contribution is 6.06. The molecular weight excluding hydrogens is 799 g/mol. The first-order valence-corrected chi connectivity index (χ1v) is 22.6. The van der Waals surface area contributed by atoms with E-state index < -0.39 is 0 Å². The smallest absolute Gasteiger partial charge is 0.135 e. The van der Waals surface area contributed by atoms with Crippen molar-refractivity contribution < 1.29 is 4.42 Å². The topological polar surface area (TPSA) is 16.4 Å². The summed E-state index contributed by atoms with van der Waals surface area (Å²) in [6.45, 7) is 0. The highest BCUT2D eigenvalue weighted by atomic mass is 16.3. The zero-order valence-electron chi connectivity index (χ0n) is 36.2. The van der Waals surface area contributed by atoms with Crippen LogP contribution in [0, 0.1) is 0 Å². The first-order valence-electron chi connectivity index (χ1n) is 22.6. The molecule has 11 aromatic carbocycles. The number of nitrogens with zero attached hydrogens (tertiary/aromatic N) is 1. The molecule has 12 rings (SSSR count). The third kappa shape index (κ3) is 7.31. The van der Waals surface area contributed by atoms with Crippen LogP contribution in [0.1, 0.15) is 0 Å². The number of rotatable bonds is 9. The molecule has 310 valence electrons. The summed E-state index contributed by atoms with van der Waals surface area (Å²) < 4.78 is 6.18. The van der Waals surface area contributed by atoms with Crippen LogP contribution in [0.15, 0.2) is 265 Å². The van der Waals surface area contributed by atoms with Gasteiger partial charge >= 0.3 is 0 Å². The van der Waals surface area contributed by atoms with Gasteiger partial charge in [0, 0.05) is 27.7 Å².